The molecule has 2 N–H and O–H groups in total. The number of piperidine rings is 1. The lowest BCUT2D eigenvalue weighted by atomic mass is 9.98. The Hall–Kier alpha value is -1.88. The van der Waals surface area contributed by atoms with Crippen LogP contribution in [-0.4, -0.2) is 36.6 Å². The zero-order chi connectivity index (χ0) is 14.1. The number of nitrogens with zero attached hydrogens (tertiary/aromatic N) is 1. The van der Waals surface area contributed by atoms with Crippen LogP contribution in [0.4, 0.5) is 5.69 Å². The average Bonchev–Trinajstić information content (AvgIpc) is 2.87. The largest absolute Gasteiger partial charge is 0.481 e. The maximum Gasteiger partial charge on any atom is 0.312 e. The number of carbonyl (C=O) groups excluding carboxylic acids is 1. The fourth-order valence-electron chi connectivity index (χ4n) is 3.11. The fourth-order valence-corrected chi connectivity index (χ4v) is 3.11. The number of nitrogens with one attached hydrogen (secondary N) is 1. The van der Waals surface area contributed by atoms with Gasteiger partial charge in [-0.05, 0) is 31.0 Å². The Labute approximate surface area is 117 Å². The first-order valence-electron chi connectivity index (χ1n) is 7.02. The predicted octanol–water partition coefficient (Wildman–Crippen LogP) is 1.20. The molecule has 2 atom stereocenters. The molecule has 0 radical (unpaired) electrons. The molecule has 0 aromatic heterocycles. The Morgan fingerprint density at radius 3 is 2.80 bits per heavy atom. The van der Waals surface area contributed by atoms with E-state index in [1.807, 2.05) is 18.2 Å². The van der Waals surface area contributed by atoms with E-state index in [9.17, 15) is 14.7 Å². The number of carboxylic acid groups (broad SMARTS) is 1. The van der Waals surface area contributed by atoms with Gasteiger partial charge in [0.2, 0.25) is 5.91 Å². The molecular formula is C15H18N2O3. The van der Waals surface area contributed by atoms with Crippen LogP contribution in [0.25, 0.3) is 0 Å². The van der Waals surface area contributed by atoms with Crippen LogP contribution in [0.2, 0.25) is 0 Å². The first-order valence-corrected chi connectivity index (χ1v) is 7.02. The molecule has 0 aliphatic carbocycles. The van der Waals surface area contributed by atoms with Crippen molar-refractivity contribution < 1.29 is 14.7 Å². The predicted molar refractivity (Wildman–Crippen MR) is 74.8 cm³/mol. The van der Waals surface area contributed by atoms with E-state index < -0.39 is 11.9 Å². The van der Waals surface area contributed by atoms with Gasteiger partial charge in [-0.15, -0.1) is 0 Å². The summed E-state index contributed by atoms with van der Waals surface area (Å²) in [4.78, 5) is 25.6. The summed E-state index contributed by atoms with van der Waals surface area (Å²) in [6.07, 6.45) is 1.87. The van der Waals surface area contributed by atoms with Gasteiger partial charge in [0.1, 0.15) is 5.92 Å². The molecule has 0 bridgehead atoms. The van der Waals surface area contributed by atoms with Gasteiger partial charge in [0.15, 0.2) is 0 Å². The SMILES string of the molecule is O=C(O)C1CN(C(=O)[C@H]2CCCNC2)c2ccccc21. The second-order valence-electron chi connectivity index (χ2n) is 5.44. The molecule has 1 aromatic carbocycles. The number of hydrogen-bond acceptors (Lipinski definition) is 3. The van der Waals surface area contributed by atoms with Gasteiger partial charge in [-0.2, -0.15) is 0 Å². The Balaban J connectivity index is 1.87. The molecular weight excluding hydrogens is 256 g/mol. The lowest BCUT2D eigenvalue weighted by Gasteiger charge is -2.27. The summed E-state index contributed by atoms with van der Waals surface area (Å²) in [7, 11) is 0. The molecule has 1 unspecified atom stereocenters. The van der Waals surface area contributed by atoms with Crippen LogP contribution in [0.5, 0.6) is 0 Å². The fraction of sp³-hybridized carbons (Fsp3) is 0.467. The molecule has 3 rings (SSSR count). The van der Waals surface area contributed by atoms with Crippen molar-refractivity contribution >= 4 is 17.6 Å². The first kappa shape index (κ1) is 13.1. The van der Waals surface area contributed by atoms with Crippen molar-refractivity contribution in [2.75, 3.05) is 24.5 Å². The molecule has 0 saturated carbocycles. The summed E-state index contributed by atoms with van der Waals surface area (Å²) in [5.74, 6) is -1.46. The van der Waals surface area contributed by atoms with Gasteiger partial charge >= 0.3 is 5.97 Å². The van der Waals surface area contributed by atoms with Gasteiger partial charge < -0.3 is 15.3 Å². The summed E-state index contributed by atoms with van der Waals surface area (Å²) in [6, 6.07) is 7.32. The van der Waals surface area contributed by atoms with Gasteiger partial charge in [0, 0.05) is 18.8 Å². The maximum absolute atomic E-state index is 12.6. The van der Waals surface area contributed by atoms with Crippen molar-refractivity contribution in [3.63, 3.8) is 0 Å². The van der Waals surface area contributed by atoms with Crippen molar-refractivity contribution in [1.29, 1.82) is 0 Å². The lowest BCUT2D eigenvalue weighted by Crippen LogP contribution is -2.43. The second kappa shape index (κ2) is 5.25. The molecule has 1 fully saturated rings. The number of carboxylic acids is 1. The zero-order valence-electron chi connectivity index (χ0n) is 11.2. The van der Waals surface area contributed by atoms with Crippen LogP contribution < -0.4 is 10.2 Å². The van der Waals surface area contributed by atoms with E-state index in [-0.39, 0.29) is 18.4 Å². The number of carbonyl (C=O) groups is 2. The van der Waals surface area contributed by atoms with Gasteiger partial charge in [0.25, 0.3) is 0 Å². The Morgan fingerprint density at radius 2 is 2.10 bits per heavy atom. The molecule has 2 heterocycles. The molecule has 5 nitrogen and oxygen atoms in total. The summed E-state index contributed by atoms with van der Waals surface area (Å²) in [6.45, 7) is 1.90. The topological polar surface area (TPSA) is 69.6 Å². The van der Waals surface area contributed by atoms with Crippen LogP contribution >= 0.6 is 0 Å². The number of benzene rings is 1. The highest BCUT2D eigenvalue weighted by Gasteiger charge is 2.38. The summed E-state index contributed by atoms with van der Waals surface area (Å²) in [5.41, 5.74) is 1.51. The molecule has 20 heavy (non-hydrogen) atoms. The Morgan fingerprint density at radius 1 is 1.30 bits per heavy atom. The van der Waals surface area contributed by atoms with Crippen molar-refractivity contribution in [3.8, 4) is 0 Å². The van der Waals surface area contributed by atoms with Crippen LogP contribution in [0.1, 0.15) is 24.3 Å². The average molecular weight is 274 g/mol. The van der Waals surface area contributed by atoms with Crippen LogP contribution in [-0.2, 0) is 9.59 Å². The molecule has 1 saturated heterocycles. The van der Waals surface area contributed by atoms with Crippen LogP contribution in [0.3, 0.4) is 0 Å². The van der Waals surface area contributed by atoms with Gasteiger partial charge in [-0.1, -0.05) is 18.2 Å². The second-order valence-corrected chi connectivity index (χ2v) is 5.44. The lowest BCUT2D eigenvalue weighted by molar-refractivity contribution is -0.138. The monoisotopic (exact) mass is 274 g/mol. The van der Waals surface area contributed by atoms with E-state index in [4.69, 9.17) is 0 Å². The van der Waals surface area contributed by atoms with Crippen molar-refractivity contribution in [2.24, 2.45) is 5.92 Å². The molecule has 1 aromatic rings. The number of fused-ring (bicyclic) bond motifs is 1. The van der Waals surface area contributed by atoms with E-state index in [1.54, 1.807) is 11.0 Å². The highest BCUT2D eigenvalue weighted by molar-refractivity contribution is 6.00. The van der Waals surface area contributed by atoms with Crippen molar-refractivity contribution in [1.82, 2.24) is 5.32 Å². The number of aliphatic carboxylic acids is 1. The number of rotatable bonds is 2. The van der Waals surface area contributed by atoms with Crippen LogP contribution in [0.15, 0.2) is 24.3 Å². The van der Waals surface area contributed by atoms with Crippen LogP contribution in [0, 0.1) is 5.92 Å². The van der Waals surface area contributed by atoms with E-state index in [0.29, 0.717) is 6.54 Å². The smallest absolute Gasteiger partial charge is 0.312 e. The molecule has 2 aliphatic heterocycles. The minimum Gasteiger partial charge on any atom is -0.481 e. The minimum atomic E-state index is -0.866. The molecule has 5 heteroatoms. The van der Waals surface area contributed by atoms with E-state index in [2.05, 4.69) is 5.32 Å². The highest BCUT2D eigenvalue weighted by atomic mass is 16.4. The third-order valence-electron chi connectivity index (χ3n) is 4.18. The number of anilines is 1. The summed E-state index contributed by atoms with van der Waals surface area (Å²) < 4.78 is 0. The standard InChI is InChI=1S/C15H18N2O3/c18-14(10-4-3-7-16-8-10)17-9-12(15(19)20)11-5-1-2-6-13(11)17/h1-2,5-6,10,12,16H,3-4,7-9H2,(H,19,20)/t10-,12?/m0/s1. The molecule has 2 aliphatic rings. The van der Waals surface area contributed by atoms with E-state index >= 15 is 0 Å². The van der Waals surface area contributed by atoms with E-state index in [1.165, 1.54) is 0 Å². The summed E-state index contributed by atoms with van der Waals surface area (Å²) >= 11 is 0. The van der Waals surface area contributed by atoms with Gasteiger partial charge in [0.05, 0.1) is 5.92 Å². The van der Waals surface area contributed by atoms with Crippen molar-refractivity contribution in [2.45, 2.75) is 18.8 Å². The number of para-hydroxylation sites is 1. The Kier molecular flexibility index (Phi) is 3.44. The quantitative estimate of drug-likeness (QED) is 0.850. The zero-order valence-corrected chi connectivity index (χ0v) is 11.2. The first-order chi connectivity index (χ1) is 9.68. The number of hydrogen-bond donors (Lipinski definition) is 2. The molecule has 0 spiro atoms. The van der Waals surface area contributed by atoms with E-state index in [0.717, 1.165) is 30.6 Å². The van der Waals surface area contributed by atoms with Crippen molar-refractivity contribution in [3.05, 3.63) is 29.8 Å². The third kappa shape index (κ3) is 2.18. The maximum atomic E-state index is 12.6. The minimum absolute atomic E-state index is 0.0376. The Bertz CT molecular complexity index is 538. The van der Waals surface area contributed by atoms with Gasteiger partial charge in [-0.3, -0.25) is 9.59 Å². The number of amides is 1. The molecule has 106 valence electrons. The highest BCUT2D eigenvalue weighted by Crippen LogP contribution is 2.37. The normalized spacial score (nSPS) is 25.3. The summed E-state index contributed by atoms with van der Waals surface area (Å²) in [5, 5.41) is 12.6. The van der Waals surface area contributed by atoms with Gasteiger partial charge in [-0.25, -0.2) is 0 Å². The molecule has 1 amide bonds. The third-order valence-corrected chi connectivity index (χ3v) is 4.18.